The average Bonchev–Trinajstić information content (AvgIpc) is 2.47. The lowest BCUT2D eigenvalue weighted by atomic mass is 10.2. The molecular formula is C16H15NO2. The first-order valence-electron chi connectivity index (χ1n) is 6.11. The molecule has 1 aromatic heterocycles. The van der Waals surface area contributed by atoms with Gasteiger partial charge in [0.05, 0.1) is 12.2 Å². The van der Waals surface area contributed by atoms with Crippen molar-refractivity contribution >= 4 is 0 Å². The molecule has 1 heterocycles. The van der Waals surface area contributed by atoms with E-state index >= 15 is 0 Å². The van der Waals surface area contributed by atoms with Crippen LogP contribution in [0.4, 0.5) is 0 Å². The van der Waals surface area contributed by atoms with E-state index in [9.17, 15) is 0 Å². The van der Waals surface area contributed by atoms with Gasteiger partial charge in [-0.1, -0.05) is 30.0 Å². The van der Waals surface area contributed by atoms with Crippen LogP contribution in [0.25, 0.3) is 0 Å². The van der Waals surface area contributed by atoms with Gasteiger partial charge < -0.3 is 9.84 Å². The van der Waals surface area contributed by atoms with Crippen LogP contribution in [-0.2, 0) is 6.42 Å². The quantitative estimate of drug-likeness (QED) is 0.848. The van der Waals surface area contributed by atoms with E-state index in [1.54, 1.807) is 6.20 Å². The van der Waals surface area contributed by atoms with Gasteiger partial charge in [0.1, 0.15) is 12.4 Å². The predicted molar refractivity (Wildman–Crippen MR) is 73.8 cm³/mol. The van der Waals surface area contributed by atoms with E-state index in [4.69, 9.17) is 9.84 Å². The summed E-state index contributed by atoms with van der Waals surface area (Å²) < 4.78 is 5.71. The summed E-state index contributed by atoms with van der Waals surface area (Å²) in [5, 5.41) is 8.72. The summed E-state index contributed by atoms with van der Waals surface area (Å²) >= 11 is 0. The van der Waals surface area contributed by atoms with Gasteiger partial charge >= 0.3 is 0 Å². The molecule has 1 aromatic carbocycles. The zero-order chi connectivity index (χ0) is 13.3. The molecule has 0 atom stereocenters. The summed E-state index contributed by atoms with van der Waals surface area (Å²) in [5.74, 6) is 6.23. The van der Waals surface area contributed by atoms with Crippen molar-refractivity contribution in [3.63, 3.8) is 0 Å². The fourth-order valence-electron chi connectivity index (χ4n) is 1.64. The molecule has 0 spiro atoms. The Kier molecular flexibility index (Phi) is 4.97. The van der Waals surface area contributed by atoms with E-state index in [0.717, 1.165) is 23.4 Å². The topological polar surface area (TPSA) is 42.4 Å². The number of nitrogens with zero attached hydrogens (tertiary/aromatic N) is 1. The van der Waals surface area contributed by atoms with Gasteiger partial charge in [-0.05, 0) is 24.3 Å². The molecule has 0 bridgehead atoms. The molecule has 0 radical (unpaired) electrons. The van der Waals surface area contributed by atoms with Gasteiger partial charge in [0, 0.05) is 18.3 Å². The summed E-state index contributed by atoms with van der Waals surface area (Å²) in [6.45, 7) is 0.400. The summed E-state index contributed by atoms with van der Waals surface area (Å²) in [6, 6.07) is 13.4. The standard InChI is InChI=1S/C16H15NO2/c18-12-5-7-14-6-1-2-9-16(14)19-13-10-15-8-3-4-11-17-15/h1-4,6,8-9,11,18H,10,12-13H2. The highest BCUT2D eigenvalue weighted by atomic mass is 16.5. The second kappa shape index (κ2) is 7.20. The van der Waals surface area contributed by atoms with Gasteiger partial charge in [-0.15, -0.1) is 0 Å². The van der Waals surface area contributed by atoms with Crippen LogP contribution in [0.3, 0.4) is 0 Å². The van der Waals surface area contributed by atoms with Crippen molar-refractivity contribution < 1.29 is 9.84 Å². The van der Waals surface area contributed by atoms with E-state index < -0.39 is 0 Å². The van der Waals surface area contributed by atoms with Crippen LogP contribution in [0.15, 0.2) is 48.7 Å². The molecule has 0 aliphatic rings. The number of hydrogen-bond acceptors (Lipinski definition) is 3. The predicted octanol–water partition coefficient (Wildman–Crippen LogP) is 2.05. The largest absolute Gasteiger partial charge is 0.492 e. The number of benzene rings is 1. The second-order valence-corrected chi connectivity index (χ2v) is 3.88. The van der Waals surface area contributed by atoms with E-state index in [2.05, 4.69) is 16.8 Å². The molecule has 0 amide bonds. The first kappa shape index (κ1) is 13.1. The Morgan fingerprint density at radius 3 is 2.74 bits per heavy atom. The maximum Gasteiger partial charge on any atom is 0.134 e. The van der Waals surface area contributed by atoms with E-state index in [1.165, 1.54) is 0 Å². The summed E-state index contributed by atoms with van der Waals surface area (Å²) in [5.41, 5.74) is 1.79. The highest BCUT2D eigenvalue weighted by Gasteiger charge is 2.00. The molecule has 2 aromatic rings. The zero-order valence-electron chi connectivity index (χ0n) is 10.5. The van der Waals surface area contributed by atoms with Crippen molar-refractivity contribution in [3.05, 3.63) is 59.9 Å². The van der Waals surface area contributed by atoms with Crippen LogP contribution < -0.4 is 4.74 Å². The number of rotatable bonds is 4. The Bertz CT molecular complexity index is 570. The smallest absolute Gasteiger partial charge is 0.134 e. The Morgan fingerprint density at radius 1 is 1.11 bits per heavy atom. The molecule has 0 aliphatic carbocycles. The van der Waals surface area contributed by atoms with E-state index in [0.29, 0.717) is 6.61 Å². The monoisotopic (exact) mass is 253 g/mol. The van der Waals surface area contributed by atoms with Crippen LogP contribution in [0.5, 0.6) is 5.75 Å². The lowest BCUT2D eigenvalue weighted by Crippen LogP contribution is -2.03. The number of pyridine rings is 1. The Balaban J connectivity index is 1.96. The van der Waals surface area contributed by atoms with E-state index in [-0.39, 0.29) is 6.61 Å². The van der Waals surface area contributed by atoms with Crippen molar-refractivity contribution in [3.8, 4) is 17.6 Å². The maximum absolute atomic E-state index is 8.72. The van der Waals surface area contributed by atoms with Crippen LogP contribution in [0.2, 0.25) is 0 Å². The molecule has 3 nitrogen and oxygen atoms in total. The molecule has 0 aliphatic heterocycles. The SMILES string of the molecule is OCC#Cc1ccccc1OCCc1ccccn1. The van der Waals surface area contributed by atoms with Crippen molar-refractivity contribution in [2.45, 2.75) is 6.42 Å². The van der Waals surface area contributed by atoms with Gasteiger partial charge in [0.15, 0.2) is 0 Å². The van der Waals surface area contributed by atoms with Crippen LogP contribution in [-0.4, -0.2) is 23.3 Å². The van der Waals surface area contributed by atoms with Crippen molar-refractivity contribution in [2.75, 3.05) is 13.2 Å². The number of aromatic nitrogens is 1. The average molecular weight is 253 g/mol. The minimum atomic E-state index is -0.151. The van der Waals surface area contributed by atoms with Gasteiger partial charge in [-0.25, -0.2) is 0 Å². The fourth-order valence-corrected chi connectivity index (χ4v) is 1.64. The first-order valence-corrected chi connectivity index (χ1v) is 6.11. The van der Waals surface area contributed by atoms with Crippen molar-refractivity contribution in [1.82, 2.24) is 4.98 Å². The van der Waals surface area contributed by atoms with Gasteiger partial charge in [0.25, 0.3) is 0 Å². The minimum Gasteiger partial charge on any atom is -0.492 e. The summed E-state index contributed by atoms with van der Waals surface area (Å²) in [6.07, 6.45) is 2.53. The van der Waals surface area contributed by atoms with Gasteiger partial charge in [-0.3, -0.25) is 4.98 Å². The number of aliphatic hydroxyl groups is 1. The molecule has 0 saturated carbocycles. The molecule has 3 heteroatoms. The highest BCUT2D eigenvalue weighted by molar-refractivity contribution is 5.45. The van der Waals surface area contributed by atoms with E-state index in [1.807, 2.05) is 42.5 Å². The van der Waals surface area contributed by atoms with Crippen molar-refractivity contribution in [2.24, 2.45) is 0 Å². The molecular weight excluding hydrogens is 238 g/mol. The van der Waals surface area contributed by atoms with Crippen LogP contribution >= 0.6 is 0 Å². The molecule has 0 unspecified atom stereocenters. The third kappa shape index (κ3) is 4.13. The number of ether oxygens (including phenoxy) is 1. The lowest BCUT2D eigenvalue weighted by molar-refractivity contribution is 0.319. The zero-order valence-corrected chi connectivity index (χ0v) is 10.5. The Morgan fingerprint density at radius 2 is 1.95 bits per heavy atom. The molecule has 1 N–H and O–H groups in total. The summed E-state index contributed by atoms with van der Waals surface area (Å²) in [4.78, 5) is 4.24. The molecule has 0 fully saturated rings. The first-order chi connectivity index (χ1) is 9.40. The van der Waals surface area contributed by atoms with Crippen molar-refractivity contribution in [1.29, 1.82) is 0 Å². The number of hydrogen-bond donors (Lipinski definition) is 1. The molecule has 96 valence electrons. The third-order valence-electron chi connectivity index (χ3n) is 2.53. The van der Waals surface area contributed by atoms with Gasteiger partial charge in [0.2, 0.25) is 0 Å². The molecule has 0 saturated heterocycles. The maximum atomic E-state index is 8.72. The highest BCUT2D eigenvalue weighted by Crippen LogP contribution is 2.16. The lowest BCUT2D eigenvalue weighted by Gasteiger charge is -2.07. The fraction of sp³-hybridized carbons (Fsp3) is 0.188. The second-order valence-electron chi connectivity index (χ2n) is 3.88. The molecule has 19 heavy (non-hydrogen) atoms. The third-order valence-corrected chi connectivity index (χ3v) is 2.53. The summed E-state index contributed by atoms with van der Waals surface area (Å²) in [7, 11) is 0. The Hall–Kier alpha value is -2.31. The van der Waals surface area contributed by atoms with Gasteiger partial charge in [-0.2, -0.15) is 0 Å². The number of aliphatic hydroxyl groups excluding tert-OH is 1. The minimum absolute atomic E-state index is 0.151. The number of para-hydroxylation sites is 1. The van der Waals surface area contributed by atoms with Crippen LogP contribution in [0, 0.1) is 11.8 Å². The van der Waals surface area contributed by atoms with Crippen LogP contribution in [0.1, 0.15) is 11.3 Å². The normalized spacial score (nSPS) is 9.53. The Labute approximate surface area is 112 Å². The molecule has 2 rings (SSSR count).